The third kappa shape index (κ3) is 3.04. The monoisotopic (exact) mass is 305 g/mol. The fourth-order valence-corrected chi connectivity index (χ4v) is 4.95. The van der Waals surface area contributed by atoms with E-state index in [0.717, 1.165) is 18.4 Å². The molecule has 1 aromatic rings. The second-order valence-electron chi connectivity index (χ2n) is 5.83. The Morgan fingerprint density at radius 3 is 2.71 bits per heavy atom. The summed E-state index contributed by atoms with van der Waals surface area (Å²) in [7, 11) is -3.24. The molecule has 0 radical (unpaired) electrons. The van der Waals surface area contributed by atoms with Gasteiger partial charge >= 0.3 is 0 Å². The standard InChI is InChI=1S/C15H19N3O2S/c16-12-17-7-5-13(9-17)11-21(19,20)18-8-6-14-3-1-2-4-15(14)10-18/h1-4,13H,5-11H2/t13-/m1/s1. The van der Waals surface area contributed by atoms with E-state index in [-0.39, 0.29) is 11.7 Å². The molecule has 2 heterocycles. The summed E-state index contributed by atoms with van der Waals surface area (Å²) in [6.07, 6.45) is 3.67. The van der Waals surface area contributed by atoms with Crippen LogP contribution in [0, 0.1) is 17.4 Å². The summed E-state index contributed by atoms with van der Waals surface area (Å²) in [6.45, 7) is 2.29. The second kappa shape index (κ2) is 5.66. The number of hydrogen-bond donors (Lipinski definition) is 0. The molecule has 0 N–H and O–H groups in total. The lowest BCUT2D eigenvalue weighted by atomic mass is 10.0. The first-order chi connectivity index (χ1) is 10.1. The average Bonchev–Trinajstić information content (AvgIpc) is 2.93. The van der Waals surface area contributed by atoms with E-state index in [2.05, 4.69) is 12.3 Å². The van der Waals surface area contributed by atoms with Gasteiger partial charge in [0.15, 0.2) is 6.19 Å². The van der Waals surface area contributed by atoms with Gasteiger partial charge in [0, 0.05) is 26.2 Å². The molecule has 0 amide bonds. The van der Waals surface area contributed by atoms with Gasteiger partial charge in [-0.25, -0.2) is 8.42 Å². The van der Waals surface area contributed by atoms with Gasteiger partial charge in [0.1, 0.15) is 0 Å². The van der Waals surface area contributed by atoms with E-state index in [1.807, 2.05) is 18.2 Å². The van der Waals surface area contributed by atoms with Gasteiger partial charge in [0.2, 0.25) is 10.0 Å². The van der Waals surface area contributed by atoms with E-state index in [4.69, 9.17) is 5.26 Å². The van der Waals surface area contributed by atoms with Crippen molar-refractivity contribution in [1.82, 2.24) is 9.21 Å². The van der Waals surface area contributed by atoms with Crippen LogP contribution in [0.1, 0.15) is 17.5 Å². The van der Waals surface area contributed by atoms with E-state index in [1.54, 1.807) is 9.21 Å². The second-order valence-corrected chi connectivity index (χ2v) is 7.85. The maximum Gasteiger partial charge on any atom is 0.214 e. The molecule has 0 unspecified atom stereocenters. The molecule has 5 nitrogen and oxygen atoms in total. The van der Waals surface area contributed by atoms with Crippen LogP contribution >= 0.6 is 0 Å². The average molecular weight is 305 g/mol. The Morgan fingerprint density at radius 2 is 2.00 bits per heavy atom. The quantitative estimate of drug-likeness (QED) is 0.787. The van der Waals surface area contributed by atoms with Crippen LogP contribution < -0.4 is 0 Å². The van der Waals surface area contributed by atoms with Crippen molar-refractivity contribution in [2.24, 2.45) is 5.92 Å². The Labute approximate surface area is 125 Å². The molecule has 21 heavy (non-hydrogen) atoms. The first-order valence-electron chi connectivity index (χ1n) is 7.28. The Balaban J connectivity index is 1.68. The molecule has 0 bridgehead atoms. The minimum atomic E-state index is -3.24. The van der Waals surface area contributed by atoms with Gasteiger partial charge in [0.05, 0.1) is 5.75 Å². The van der Waals surface area contributed by atoms with Crippen LogP contribution in [0.15, 0.2) is 24.3 Å². The topological polar surface area (TPSA) is 64.4 Å². The predicted molar refractivity (Wildman–Crippen MR) is 79.6 cm³/mol. The van der Waals surface area contributed by atoms with Crippen molar-refractivity contribution in [1.29, 1.82) is 5.26 Å². The molecule has 6 heteroatoms. The number of hydrogen-bond acceptors (Lipinski definition) is 4. The van der Waals surface area contributed by atoms with Crippen LogP contribution in [0.25, 0.3) is 0 Å². The SMILES string of the molecule is N#CN1CC[C@@H](CS(=O)(=O)N2CCc3ccccc3C2)C1. The number of nitriles is 1. The van der Waals surface area contributed by atoms with Crippen LogP contribution in [-0.4, -0.2) is 43.0 Å². The zero-order valence-electron chi connectivity index (χ0n) is 11.9. The van der Waals surface area contributed by atoms with Gasteiger partial charge in [-0.1, -0.05) is 24.3 Å². The highest BCUT2D eigenvalue weighted by atomic mass is 32.2. The van der Waals surface area contributed by atoms with Crippen LogP contribution in [0.5, 0.6) is 0 Å². The lowest BCUT2D eigenvalue weighted by Gasteiger charge is -2.29. The number of nitrogens with zero attached hydrogens (tertiary/aromatic N) is 3. The zero-order chi connectivity index (χ0) is 14.9. The van der Waals surface area contributed by atoms with E-state index >= 15 is 0 Å². The van der Waals surface area contributed by atoms with E-state index < -0.39 is 10.0 Å². The molecule has 0 aliphatic carbocycles. The fraction of sp³-hybridized carbons (Fsp3) is 0.533. The fourth-order valence-electron chi connectivity index (χ4n) is 3.17. The number of likely N-dealkylation sites (tertiary alicyclic amines) is 1. The van der Waals surface area contributed by atoms with Crippen molar-refractivity contribution >= 4 is 10.0 Å². The summed E-state index contributed by atoms with van der Waals surface area (Å²) in [4.78, 5) is 1.64. The van der Waals surface area contributed by atoms with Crippen molar-refractivity contribution < 1.29 is 8.42 Å². The molecule has 3 rings (SSSR count). The number of rotatable bonds is 3. The van der Waals surface area contributed by atoms with Crippen molar-refractivity contribution in [2.75, 3.05) is 25.4 Å². The summed E-state index contributed by atoms with van der Waals surface area (Å²) in [6, 6.07) is 8.03. The van der Waals surface area contributed by atoms with Crippen LogP contribution in [-0.2, 0) is 23.0 Å². The lowest BCUT2D eigenvalue weighted by molar-refractivity contribution is 0.384. The van der Waals surface area contributed by atoms with Crippen LogP contribution in [0.2, 0.25) is 0 Å². The summed E-state index contributed by atoms with van der Waals surface area (Å²) in [5.74, 6) is 0.236. The minimum absolute atomic E-state index is 0.0758. The van der Waals surface area contributed by atoms with Gasteiger partial charge in [-0.15, -0.1) is 0 Å². The lowest BCUT2D eigenvalue weighted by Crippen LogP contribution is -2.39. The van der Waals surface area contributed by atoms with Crippen molar-refractivity contribution in [2.45, 2.75) is 19.4 Å². The Morgan fingerprint density at radius 1 is 1.24 bits per heavy atom. The summed E-state index contributed by atoms with van der Waals surface area (Å²) in [5.41, 5.74) is 2.36. The molecule has 112 valence electrons. The van der Waals surface area contributed by atoms with Crippen molar-refractivity contribution in [3.05, 3.63) is 35.4 Å². The van der Waals surface area contributed by atoms with E-state index in [1.165, 1.54) is 5.56 Å². The summed E-state index contributed by atoms with van der Waals surface area (Å²) < 4.78 is 26.7. The van der Waals surface area contributed by atoms with Gasteiger partial charge in [-0.2, -0.15) is 9.57 Å². The van der Waals surface area contributed by atoms with Crippen LogP contribution in [0.3, 0.4) is 0 Å². The third-order valence-electron chi connectivity index (χ3n) is 4.36. The number of sulfonamides is 1. The molecule has 1 atom stereocenters. The highest BCUT2D eigenvalue weighted by Crippen LogP contribution is 2.24. The largest absolute Gasteiger partial charge is 0.310 e. The molecule has 2 aliphatic heterocycles. The molecule has 2 aliphatic rings. The molecule has 0 aromatic heterocycles. The summed E-state index contributed by atoms with van der Waals surface area (Å²) >= 11 is 0. The molecular weight excluding hydrogens is 286 g/mol. The Kier molecular flexibility index (Phi) is 3.87. The van der Waals surface area contributed by atoms with Gasteiger partial charge in [-0.05, 0) is 29.9 Å². The molecule has 1 fully saturated rings. The van der Waals surface area contributed by atoms with Crippen molar-refractivity contribution in [3.8, 4) is 6.19 Å². The summed E-state index contributed by atoms with van der Waals surface area (Å²) in [5, 5.41) is 8.86. The Bertz CT molecular complexity index is 666. The van der Waals surface area contributed by atoms with Gasteiger partial charge < -0.3 is 4.90 Å². The Hall–Kier alpha value is -1.58. The normalized spacial score (nSPS) is 22.8. The van der Waals surface area contributed by atoms with Gasteiger partial charge in [-0.3, -0.25) is 0 Å². The van der Waals surface area contributed by atoms with Gasteiger partial charge in [0.25, 0.3) is 0 Å². The predicted octanol–water partition coefficient (Wildman–Crippen LogP) is 1.18. The van der Waals surface area contributed by atoms with Crippen molar-refractivity contribution in [3.63, 3.8) is 0 Å². The highest BCUT2D eigenvalue weighted by Gasteiger charge is 2.32. The maximum atomic E-state index is 12.6. The zero-order valence-corrected chi connectivity index (χ0v) is 12.7. The first kappa shape index (κ1) is 14.4. The highest BCUT2D eigenvalue weighted by molar-refractivity contribution is 7.89. The molecule has 1 aromatic carbocycles. The maximum absolute atomic E-state index is 12.6. The number of benzene rings is 1. The third-order valence-corrected chi connectivity index (χ3v) is 6.35. The first-order valence-corrected chi connectivity index (χ1v) is 8.89. The number of fused-ring (bicyclic) bond motifs is 1. The smallest absolute Gasteiger partial charge is 0.214 e. The molecule has 1 saturated heterocycles. The molecule has 0 saturated carbocycles. The molecule has 0 spiro atoms. The molecular formula is C15H19N3O2S. The van der Waals surface area contributed by atoms with E-state index in [9.17, 15) is 8.42 Å². The van der Waals surface area contributed by atoms with E-state index in [0.29, 0.717) is 26.2 Å². The minimum Gasteiger partial charge on any atom is -0.310 e. The van der Waals surface area contributed by atoms with Crippen LogP contribution in [0.4, 0.5) is 0 Å².